The molecule has 0 saturated heterocycles. The Morgan fingerprint density at radius 3 is 2.67 bits per heavy atom. The summed E-state index contributed by atoms with van der Waals surface area (Å²) in [5.74, 6) is 0.672. The molecule has 0 aliphatic rings. The Balaban J connectivity index is 2.21. The fourth-order valence-corrected chi connectivity index (χ4v) is 1.34. The molecular weight excluding hydrogens is 188 g/mol. The highest BCUT2D eigenvalue weighted by atomic mass is 16.1. The lowest BCUT2D eigenvalue weighted by Gasteiger charge is -1.99. The van der Waals surface area contributed by atoms with Crippen molar-refractivity contribution in [2.45, 2.75) is 6.42 Å². The molecular formula is C12H10N2O. The van der Waals surface area contributed by atoms with Crippen LogP contribution in [0.1, 0.15) is 21.9 Å². The largest absolute Gasteiger partial charge is 0.296 e. The number of carbonyl (C=O) groups excluding carboxylic acids is 1. The summed E-state index contributed by atoms with van der Waals surface area (Å²) in [6, 6.07) is 11.5. The molecule has 15 heavy (non-hydrogen) atoms. The van der Waals surface area contributed by atoms with Crippen LogP contribution in [0.15, 0.2) is 42.6 Å². The van der Waals surface area contributed by atoms with Crippen LogP contribution < -0.4 is 0 Å². The van der Waals surface area contributed by atoms with Crippen molar-refractivity contribution >= 4 is 6.29 Å². The first kappa shape index (κ1) is 9.52. The van der Waals surface area contributed by atoms with Crippen LogP contribution in [0.25, 0.3) is 0 Å². The van der Waals surface area contributed by atoms with Gasteiger partial charge in [0.05, 0.1) is 0 Å². The number of carbonyl (C=O) groups is 1. The zero-order valence-electron chi connectivity index (χ0n) is 8.13. The van der Waals surface area contributed by atoms with Crippen molar-refractivity contribution in [2.24, 2.45) is 0 Å². The van der Waals surface area contributed by atoms with Gasteiger partial charge in [-0.05, 0) is 11.6 Å². The van der Waals surface area contributed by atoms with E-state index in [2.05, 4.69) is 9.97 Å². The zero-order valence-corrected chi connectivity index (χ0v) is 8.13. The van der Waals surface area contributed by atoms with E-state index in [9.17, 15) is 4.79 Å². The van der Waals surface area contributed by atoms with Crippen molar-refractivity contribution < 1.29 is 4.79 Å². The van der Waals surface area contributed by atoms with Gasteiger partial charge in [-0.15, -0.1) is 0 Å². The average Bonchev–Trinajstić information content (AvgIpc) is 2.31. The summed E-state index contributed by atoms with van der Waals surface area (Å²) in [5.41, 5.74) is 1.57. The molecule has 2 rings (SSSR count). The van der Waals surface area contributed by atoms with Gasteiger partial charge in [0, 0.05) is 12.6 Å². The summed E-state index contributed by atoms with van der Waals surface area (Å²) < 4.78 is 0. The maximum Gasteiger partial charge on any atom is 0.168 e. The van der Waals surface area contributed by atoms with E-state index in [1.807, 2.05) is 30.3 Å². The molecule has 0 radical (unpaired) electrons. The summed E-state index contributed by atoms with van der Waals surface area (Å²) in [6.07, 6.45) is 2.99. The van der Waals surface area contributed by atoms with Gasteiger partial charge in [0.15, 0.2) is 6.29 Å². The van der Waals surface area contributed by atoms with E-state index in [4.69, 9.17) is 0 Å². The van der Waals surface area contributed by atoms with Gasteiger partial charge in [-0.2, -0.15) is 0 Å². The van der Waals surface area contributed by atoms with Gasteiger partial charge < -0.3 is 0 Å². The maximum absolute atomic E-state index is 10.5. The minimum Gasteiger partial charge on any atom is -0.296 e. The van der Waals surface area contributed by atoms with Gasteiger partial charge in [0.2, 0.25) is 0 Å². The van der Waals surface area contributed by atoms with Crippen molar-refractivity contribution in [3.8, 4) is 0 Å². The Labute approximate surface area is 87.8 Å². The van der Waals surface area contributed by atoms with Crippen LogP contribution in [-0.2, 0) is 6.42 Å². The lowest BCUT2D eigenvalue weighted by Crippen LogP contribution is -1.98. The molecule has 3 nitrogen and oxygen atoms in total. The molecule has 0 unspecified atom stereocenters. The number of aldehydes is 1. The second-order valence-corrected chi connectivity index (χ2v) is 3.18. The van der Waals surface area contributed by atoms with Crippen molar-refractivity contribution in [3.05, 3.63) is 59.7 Å². The number of nitrogens with zero attached hydrogens (tertiary/aromatic N) is 2. The molecule has 74 valence electrons. The van der Waals surface area contributed by atoms with E-state index in [1.54, 1.807) is 12.3 Å². The van der Waals surface area contributed by atoms with Crippen LogP contribution in [0, 0.1) is 0 Å². The second-order valence-electron chi connectivity index (χ2n) is 3.18. The monoisotopic (exact) mass is 198 g/mol. The standard InChI is InChI=1S/C12H10N2O/c15-9-11-6-7-13-12(14-11)8-10-4-2-1-3-5-10/h1-7,9H,8H2. The summed E-state index contributed by atoms with van der Waals surface area (Å²) in [7, 11) is 0. The third kappa shape index (κ3) is 2.47. The molecule has 0 aliphatic heterocycles. The molecule has 0 bridgehead atoms. The fourth-order valence-electron chi connectivity index (χ4n) is 1.34. The Hall–Kier alpha value is -2.03. The van der Waals surface area contributed by atoms with Crippen molar-refractivity contribution in [1.82, 2.24) is 9.97 Å². The van der Waals surface area contributed by atoms with Gasteiger partial charge in [0.25, 0.3) is 0 Å². The van der Waals surface area contributed by atoms with E-state index in [-0.39, 0.29) is 0 Å². The Bertz CT molecular complexity index is 454. The van der Waals surface area contributed by atoms with E-state index in [1.165, 1.54) is 0 Å². The fraction of sp³-hybridized carbons (Fsp3) is 0.0833. The molecule has 0 N–H and O–H groups in total. The Morgan fingerprint density at radius 2 is 1.93 bits per heavy atom. The van der Waals surface area contributed by atoms with Crippen LogP contribution in [0.5, 0.6) is 0 Å². The van der Waals surface area contributed by atoms with Gasteiger partial charge in [-0.1, -0.05) is 30.3 Å². The first-order valence-electron chi connectivity index (χ1n) is 4.69. The molecule has 1 aromatic heterocycles. The smallest absolute Gasteiger partial charge is 0.168 e. The molecule has 2 aromatic rings. The molecule has 0 fully saturated rings. The summed E-state index contributed by atoms with van der Waals surface area (Å²) >= 11 is 0. The van der Waals surface area contributed by atoms with Crippen LogP contribution in [-0.4, -0.2) is 16.3 Å². The van der Waals surface area contributed by atoms with Crippen molar-refractivity contribution in [2.75, 3.05) is 0 Å². The molecule has 3 heteroatoms. The predicted octanol–water partition coefficient (Wildman–Crippen LogP) is 1.88. The van der Waals surface area contributed by atoms with Gasteiger partial charge in [-0.25, -0.2) is 9.97 Å². The number of rotatable bonds is 3. The van der Waals surface area contributed by atoms with Crippen LogP contribution >= 0.6 is 0 Å². The summed E-state index contributed by atoms with van der Waals surface area (Å²) in [6.45, 7) is 0. The van der Waals surface area contributed by atoms with E-state index in [0.29, 0.717) is 17.9 Å². The Kier molecular flexibility index (Phi) is 2.83. The van der Waals surface area contributed by atoms with Crippen molar-refractivity contribution in [1.29, 1.82) is 0 Å². The van der Waals surface area contributed by atoms with Gasteiger partial charge >= 0.3 is 0 Å². The first-order valence-corrected chi connectivity index (χ1v) is 4.69. The lowest BCUT2D eigenvalue weighted by atomic mass is 10.1. The molecule has 0 atom stereocenters. The lowest BCUT2D eigenvalue weighted by molar-refractivity contribution is 0.111. The number of benzene rings is 1. The highest BCUT2D eigenvalue weighted by Gasteiger charge is 1.99. The first-order chi connectivity index (χ1) is 7.38. The van der Waals surface area contributed by atoms with E-state index >= 15 is 0 Å². The van der Waals surface area contributed by atoms with Crippen molar-refractivity contribution in [3.63, 3.8) is 0 Å². The van der Waals surface area contributed by atoms with E-state index in [0.717, 1.165) is 11.8 Å². The molecule has 0 aliphatic carbocycles. The normalized spacial score (nSPS) is 9.87. The third-order valence-electron chi connectivity index (χ3n) is 2.05. The summed E-state index contributed by atoms with van der Waals surface area (Å²) in [5, 5.41) is 0. The highest BCUT2D eigenvalue weighted by molar-refractivity contribution is 5.71. The minimum atomic E-state index is 0.427. The van der Waals surface area contributed by atoms with E-state index < -0.39 is 0 Å². The van der Waals surface area contributed by atoms with Crippen LogP contribution in [0.2, 0.25) is 0 Å². The number of hydrogen-bond donors (Lipinski definition) is 0. The zero-order chi connectivity index (χ0) is 10.5. The molecule has 1 heterocycles. The van der Waals surface area contributed by atoms with Gasteiger partial charge in [-0.3, -0.25) is 4.79 Å². The topological polar surface area (TPSA) is 42.9 Å². The molecule has 0 spiro atoms. The molecule has 1 aromatic carbocycles. The SMILES string of the molecule is O=Cc1ccnc(Cc2ccccc2)n1. The molecule has 0 saturated carbocycles. The number of hydrogen-bond acceptors (Lipinski definition) is 3. The minimum absolute atomic E-state index is 0.427. The average molecular weight is 198 g/mol. The molecule has 0 amide bonds. The van der Waals surface area contributed by atoms with Gasteiger partial charge in [0.1, 0.15) is 11.5 Å². The Morgan fingerprint density at radius 1 is 1.13 bits per heavy atom. The maximum atomic E-state index is 10.5. The second kappa shape index (κ2) is 4.46. The number of aromatic nitrogens is 2. The summed E-state index contributed by atoms with van der Waals surface area (Å²) in [4.78, 5) is 18.7. The highest BCUT2D eigenvalue weighted by Crippen LogP contribution is 2.04. The van der Waals surface area contributed by atoms with Crippen LogP contribution in [0.4, 0.5) is 0 Å². The third-order valence-corrected chi connectivity index (χ3v) is 2.05. The van der Waals surface area contributed by atoms with Crippen LogP contribution in [0.3, 0.4) is 0 Å². The predicted molar refractivity (Wildman–Crippen MR) is 56.7 cm³/mol. The quantitative estimate of drug-likeness (QED) is 0.707.